The second-order valence-corrected chi connectivity index (χ2v) is 10.6. The summed E-state index contributed by atoms with van der Waals surface area (Å²) in [5.74, 6) is 0.533. The first kappa shape index (κ1) is 23.6. The molecule has 2 rings (SSSR count). The molecule has 1 amide bonds. The fraction of sp³-hybridized carbons (Fsp3) is 0.667. The summed E-state index contributed by atoms with van der Waals surface area (Å²) in [7, 11) is 0.485. The van der Waals surface area contributed by atoms with Crippen LogP contribution in [0.2, 0.25) is 0 Å². The maximum Gasteiger partial charge on any atom is 0.243 e. The SMILES string of the molecule is CCOc1ccc(S(=O)(=O)N2CCC(C(=O)NCC(C)(C)CN(C)C)CC2)cc1. The van der Waals surface area contributed by atoms with Crippen LogP contribution in [-0.4, -0.2) is 70.4 Å². The number of carbonyl (C=O) groups is 1. The van der Waals surface area contributed by atoms with E-state index < -0.39 is 10.0 Å². The zero-order valence-electron chi connectivity index (χ0n) is 18.3. The number of carbonyl (C=O) groups excluding carboxylic acids is 1. The van der Waals surface area contributed by atoms with Gasteiger partial charge in [0.25, 0.3) is 0 Å². The van der Waals surface area contributed by atoms with Crippen molar-refractivity contribution in [3.63, 3.8) is 0 Å². The number of ether oxygens (including phenoxy) is 1. The molecule has 1 heterocycles. The molecule has 0 aromatic heterocycles. The number of sulfonamides is 1. The number of piperidine rings is 1. The molecular formula is C21H35N3O4S. The van der Waals surface area contributed by atoms with Crippen molar-refractivity contribution in [2.24, 2.45) is 11.3 Å². The monoisotopic (exact) mass is 425 g/mol. The van der Waals surface area contributed by atoms with Crippen LogP contribution in [0.25, 0.3) is 0 Å². The Morgan fingerprint density at radius 2 is 1.79 bits per heavy atom. The van der Waals surface area contributed by atoms with Gasteiger partial charge in [0.05, 0.1) is 11.5 Å². The summed E-state index contributed by atoms with van der Waals surface area (Å²) in [5.41, 5.74) is -0.0170. The van der Waals surface area contributed by atoms with E-state index in [-0.39, 0.29) is 22.1 Å². The van der Waals surface area contributed by atoms with Crippen LogP contribution in [0.5, 0.6) is 5.75 Å². The van der Waals surface area contributed by atoms with E-state index in [0.29, 0.717) is 44.8 Å². The molecule has 1 N–H and O–H groups in total. The van der Waals surface area contributed by atoms with Crippen LogP contribution in [0.1, 0.15) is 33.6 Å². The molecule has 29 heavy (non-hydrogen) atoms. The second-order valence-electron chi connectivity index (χ2n) is 8.70. The molecule has 7 nitrogen and oxygen atoms in total. The molecule has 0 saturated carbocycles. The molecule has 0 bridgehead atoms. The Bertz CT molecular complexity index is 768. The Morgan fingerprint density at radius 1 is 1.21 bits per heavy atom. The Balaban J connectivity index is 1.89. The van der Waals surface area contributed by atoms with Gasteiger partial charge in [-0.1, -0.05) is 13.8 Å². The maximum atomic E-state index is 12.9. The summed E-state index contributed by atoms with van der Waals surface area (Å²) in [6.07, 6.45) is 1.08. The fourth-order valence-electron chi connectivity index (χ4n) is 3.76. The third kappa shape index (κ3) is 6.69. The molecule has 1 aromatic carbocycles. The van der Waals surface area contributed by atoms with Gasteiger partial charge < -0.3 is 15.0 Å². The van der Waals surface area contributed by atoms with E-state index in [2.05, 4.69) is 24.1 Å². The van der Waals surface area contributed by atoms with Crippen LogP contribution >= 0.6 is 0 Å². The van der Waals surface area contributed by atoms with Crippen LogP contribution in [0, 0.1) is 11.3 Å². The Labute approximate surface area is 175 Å². The average Bonchev–Trinajstić information content (AvgIpc) is 2.66. The highest BCUT2D eigenvalue weighted by Gasteiger charge is 2.32. The lowest BCUT2D eigenvalue weighted by Crippen LogP contribution is -2.45. The van der Waals surface area contributed by atoms with Crippen molar-refractivity contribution in [3.05, 3.63) is 24.3 Å². The first-order valence-electron chi connectivity index (χ1n) is 10.2. The predicted octanol–water partition coefficient (Wildman–Crippen LogP) is 2.19. The topological polar surface area (TPSA) is 79.0 Å². The normalized spacial score (nSPS) is 16.8. The molecular weight excluding hydrogens is 390 g/mol. The van der Waals surface area contributed by atoms with Crippen LogP contribution in [0.4, 0.5) is 0 Å². The molecule has 1 aromatic rings. The summed E-state index contributed by atoms with van der Waals surface area (Å²) in [5, 5.41) is 3.05. The maximum absolute atomic E-state index is 12.9. The summed E-state index contributed by atoms with van der Waals surface area (Å²) in [6.45, 7) is 8.87. The van der Waals surface area contributed by atoms with Crippen molar-refractivity contribution in [1.29, 1.82) is 0 Å². The van der Waals surface area contributed by atoms with Gasteiger partial charge in [-0.25, -0.2) is 8.42 Å². The van der Waals surface area contributed by atoms with Crippen molar-refractivity contribution in [1.82, 2.24) is 14.5 Å². The lowest BCUT2D eigenvalue weighted by molar-refractivity contribution is -0.126. The lowest BCUT2D eigenvalue weighted by Gasteiger charge is -2.32. The van der Waals surface area contributed by atoms with Crippen LogP contribution in [0.15, 0.2) is 29.2 Å². The number of benzene rings is 1. The number of nitrogens with one attached hydrogen (secondary N) is 1. The fourth-order valence-corrected chi connectivity index (χ4v) is 5.23. The Kier molecular flexibility index (Phi) is 8.08. The summed E-state index contributed by atoms with van der Waals surface area (Å²) in [6, 6.07) is 6.50. The third-order valence-electron chi connectivity index (χ3n) is 5.08. The zero-order chi connectivity index (χ0) is 21.7. The van der Waals surface area contributed by atoms with Gasteiger partial charge in [-0.05, 0) is 63.5 Å². The lowest BCUT2D eigenvalue weighted by atomic mass is 9.91. The van der Waals surface area contributed by atoms with E-state index in [1.54, 1.807) is 24.3 Å². The van der Waals surface area contributed by atoms with Crippen molar-refractivity contribution in [3.8, 4) is 5.75 Å². The van der Waals surface area contributed by atoms with Crippen molar-refractivity contribution >= 4 is 15.9 Å². The summed E-state index contributed by atoms with van der Waals surface area (Å²) >= 11 is 0. The van der Waals surface area contributed by atoms with Gasteiger partial charge in [-0.2, -0.15) is 4.31 Å². The minimum Gasteiger partial charge on any atom is -0.494 e. The van der Waals surface area contributed by atoms with Gasteiger partial charge in [0.15, 0.2) is 0 Å². The average molecular weight is 426 g/mol. The van der Waals surface area contributed by atoms with Crippen molar-refractivity contribution < 1.29 is 17.9 Å². The largest absolute Gasteiger partial charge is 0.494 e. The van der Waals surface area contributed by atoms with Gasteiger partial charge in [0.2, 0.25) is 15.9 Å². The molecule has 1 aliphatic heterocycles. The number of nitrogens with zero attached hydrogens (tertiary/aromatic N) is 2. The first-order chi connectivity index (χ1) is 13.5. The molecule has 0 atom stereocenters. The van der Waals surface area contributed by atoms with E-state index in [4.69, 9.17) is 4.74 Å². The van der Waals surface area contributed by atoms with E-state index in [9.17, 15) is 13.2 Å². The van der Waals surface area contributed by atoms with E-state index >= 15 is 0 Å². The summed E-state index contributed by atoms with van der Waals surface area (Å²) in [4.78, 5) is 14.9. The predicted molar refractivity (Wildman–Crippen MR) is 114 cm³/mol. The molecule has 1 saturated heterocycles. The summed E-state index contributed by atoms with van der Waals surface area (Å²) < 4.78 is 32.6. The molecule has 0 aliphatic carbocycles. The number of rotatable bonds is 9. The van der Waals surface area contributed by atoms with Crippen molar-refractivity contribution in [2.45, 2.75) is 38.5 Å². The minimum atomic E-state index is -3.55. The van der Waals surface area contributed by atoms with E-state index in [1.807, 2.05) is 21.0 Å². The molecule has 0 unspecified atom stereocenters. The van der Waals surface area contributed by atoms with Crippen molar-refractivity contribution in [2.75, 3.05) is 46.9 Å². The van der Waals surface area contributed by atoms with Crippen LogP contribution in [-0.2, 0) is 14.8 Å². The Hall–Kier alpha value is -1.64. The van der Waals surface area contributed by atoms with E-state index in [0.717, 1.165) is 6.54 Å². The quantitative estimate of drug-likeness (QED) is 0.656. The smallest absolute Gasteiger partial charge is 0.243 e. The second kappa shape index (κ2) is 9.91. The first-order valence-corrected chi connectivity index (χ1v) is 11.6. The van der Waals surface area contributed by atoms with Gasteiger partial charge in [0, 0.05) is 32.1 Å². The highest BCUT2D eigenvalue weighted by atomic mass is 32.2. The van der Waals surface area contributed by atoms with Crippen LogP contribution in [0.3, 0.4) is 0 Å². The third-order valence-corrected chi connectivity index (χ3v) is 7.00. The number of amides is 1. The molecule has 0 spiro atoms. The zero-order valence-corrected chi connectivity index (χ0v) is 19.1. The van der Waals surface area contributed by atoms with Gasteiger partial charge in [-0.3, -0.25) is 4.79 Å². The molecule has 1 aliphatic rings. The highest BCUT2D eigenvalue weighted by Crippen LogP contribution is 2.25. The standard InChI is InChI=1S/C21H35N3O4S/c1-6-28-18-7-9-19(10-8-18)29(26,27)24-13-11-17(12-14-24)20(25)22-15-21(2,3)16-23(4)5/h7-10,17H,6,11-16H2,1-5H3,(H,22,25). The number of hydrogen-bond acceptors (Lipinski definition) is 5. The van der Waals surface area contributed by atoms with Gasteiger partial charge in [0.1, 0.15) is 5.75 Å². The van der Waals surface area contributed by atoms with E-state index in [1.165, 1.54) is 4.31 Å². The van der Waals surface area contributed by atoms with Gasteiger partial charge >= 0.3 is 0 Å². The molecule has 0 radical (unpaired) electrons. The molecule has 8 heteroatoms. The van der Waals surface area contributed by atoms with Crippen LogP contribution < -0.4 is 10.1 Å². The number of hydrogen-bond donors (Lipinski definition) is 1. The van der Waals surface area contributed by atoms with Gasteiger partial charge in [-0.15, -0.1) is 0 Å². The molecule has 1 fully saturated rings. The minimum absolute atomic E-state index is 0.0170. The highest BCUT2D eigenvalue weighted by molar-refractivity contribution is 7.89. The molecule has 164 valence electrons. The Morgan fingerprint density at radius 3 is 2.31 bits per heavy atom.